The molecule has 0 spiro atoms. The third kappa shape index (κ3) is 7.72. The molecule has 0 saturated carbocycles. The number of carbonyl (C=O) groups is 2. The number of fused-ring (bicyclic) bond motifs is 1. The van der Waals surface area contributed by atoms with E-state index in [-0.39, 0.29) is 29.4 Å². The van der Waals surface area contributed by atoms with E-state index in [4.69, 9.17) is 30.0 Å². The molecule has 282 valence electrons. The molecule has 23 nitrogen and oxygen atoms in total. The Bertz CT molecular complexity index is 1840. The number of nitrogen functional groups attached to an aromatic ring is 1. The lowest BCUT2D eigenvalue weighted by atomic mass is 9.89. The Balaban J connectivity index is 1.02. The minimum Gasteiger partial charge on any atom is -0.387 e. The highest BCUT2D eigenvalue weighted by Gasteiger charge is 2.50. The second-order valence-corrected chi connectivity index (χ2v) is 14.8. The zero-order chi connectivity index (χ0) is 37.5. The van der Waals surface area contributed by atoms with Crippen molar-refractivity contribution < 1.29 is 71.8 Å². The molecule has 25 heteroatoms. The molecule has 2 aromatic rings. The summed E-state index contributed by atoms with van der Waals surface area (Å²) in [6, 6.07) is 2.90. The molecule has 2 saturated heterocycles. The first-order valence-corrected chi connectivity index (χ1v) is 18.3. The van der Waals surface area contributed by atoms with Gasteiger partial charge in [0.05, 0.1) is 25.8 Å². The van der Waals surface area contributed by atoms with Crippen LogP contribution >= 0.6 is 15.6 Å². The van der Waals surface area contributed by atoms with Crippen molar-refractivity contribution in [3.63, 3.8) is 0 Å². The first kappa shape index (κ1) is 37.8. The Morgan fingerprint density at radius 2 is 1.54 bits per heavy atom. The zero-order valence-corrected chi connectivity index (χ0v) is 28.4. The van der Waals surface area contributed by atoms with E-state index < -0.39 is 95.5 Å². The van der Waals surface area contributed by atoms with Gasteiger partial charge in [0.1, 0.15) is 48.6 Å². The van der Waals surface area contributed by atoms with Crippen LogP contribution in [0, 0.1) is 5.92 Å². The van der Waals surface area contributed by atoms with Gasteiger partial charge in [0.2, 0.25) is 5.91 Å². The van der Waals surface area contributed by atoms with Crippen LogP contribution in [-0.2, 0) is 36.8 Å². The number of phosphoric ester groups is 2. The van der Waals surface area contributed by atoms with Crippen LogP contribution in [0.4, 0.5) is 17.3 Å². The Morgan fingerprint density at radius 3 is 2.15 bits per heavy atom. The molecule has 4 aliphatic heterocycles. The Hall–Kier alpha value is -3.93. The summed E-state index contributed by atoms with van der Waals surface area (Å²) in [6.07, 6.45) is -4.50. The van der Waals surface area contributed by atoms with Gasteiger partial charge in [-0.25, -0.2) is 19.1 Å². The van der Waals surface area contributed by atoms with Gasteiger partial charge < -0.3 is 66.3 Å². The Kier molecular flexibility index (Phi) is 10.8. The molecule has 0 radical (unpaired) electrons. The van der Waals surface area contributed by atoms with Gasteiger partial charge in [-0.05, 0) is 12.1 Å². The van der Waals surface area contributed by atoms with Gasteiger partial charge in [-0.2, -0.15) is 4.31 Å². The highest BCUT2D eigenvalue weighted by atomic mass is 31.3. The van der Waals surface area contributed by atoms with Gasteiger partial charge in [-0.15, -0.1) is 0 Å². The van der Waals surface area contributed by atoms with Crippen LogP contribution in [0.3, 0.4) is 0 Å². The fourth-order valence-electron chi connectivity index (χ4n) is 5.85. The monoisotopic (exact) mass is 772 g/mol. The van der Waals surface area contributed by atoms with E-state index in [9.17, 15) is 48.9 Å². The van der Waals surface area contributed by atoms with E-state index in [0.717, 1.165) is 11.1 Å². The molecule has 52 heavy (non-hydrogen) atoms. The number of ketones is 1. The Labute approximate surface area is 293 Å². The average molecular weight is 773 g/mol. The number of hydrogen-bond acceptors (Lipinski definition) is 20. The summed E-state index contributed by atoms with van der Waals surface area (Å²) in [4.78, 5) is 59.9. The second-order valence-electron chi connectivity index (χ2n) is 11.8. The summed E-state index contributed by atoms with van der Waals surface area (Å²) >= 11 is 0. The number of ether oxygens (including phenoxy) is 2. The van der Waals surface area contributed by atoms with Crippen molar-refractivity contribution in [1.29, 1.82) is 0 Å². The average Bonchev–Trinajstić information content (AvgIpc) is 3.75. The molecule has 1 amide bonds. The van der Waals surface area contributed by atoms with E-state index in [2.05, 4.69) is 24.6 Å². The molecule has 4 aliphatic rings. The van der Waals surface area contributed by atoms with Gasteiger partial charge >= 0.3 is 15.6 Å². The fourth-order valence-corrected chi connectivity index (χ4v) is 7.94. The molecular formula is C27H34N8O15P2. The van der Waals surface area contributed by atoms with Gasteiger partial charge in [0, 0.05) is 35.9 Å². The summed E-state index contributed by atoms with van der Waals surface area (Å²) in [5, 5.41) is 45.3. The summed E-state index contributed by atoms with van der Waals surface area (Å²) in [7, 11) is -10.9. The maximum atomic E-state index is 13.0. The number of Topliss-reactive ketones (excluding diaryl/α,β-unsaturated/α-hetero) is 1. The maximum absolute atomic E-state index is 13.0. The zero-order valence-electron chi connectivity index (χ0n) is 26.6. The minimum atomic E-state index is -5.44. The van der Waals surface area contributed by atoms with E-state index in [1.807, 2.05) is 0 Å². The van der Waals surface area contributed by atoms with E-state index >= 15 is 0 Å². The lowest BCUT2D eigenvalue weighted by Crippen LogP contribution is -2.44. The molecule has 0 aromatic carbocycles. The number of carbonyl (C=O) groups excluding carboxylic acids is 2. The molecule has 0 bridgehead atoms. The topological polar surface area (TPSA) is 345 Å². The van der Waals surface area contributed by atoms with Crippen molar-refractivity contribution in [3.8, 4) is 0 Å². The highest BCUT2D eigenvalue weighted by Crippen LogP contribution is 2.60. The molecule has 2 aromatic heterocycles. The van der Waals surface area contributed by atoms with E-state index in [1.165, 1.54) is 48.0 Å². The van der Waals surface area contributed by atoms with Crippen molar-refractivity contribution in [1.82, 2.24) is 19.9 Å². The lowest BCUT2D eigenvalue weighted by molar-refractivity contribution is -0.115. The van der Waals surface area contributed by atoms with Crippen LogP contribution in [-0.4, -0.2) is 131 Å². The minimum absolute atomic E-state index is 0.0540. The van der Waals surface area contributed by atoms with Crippen molar-refractivity contribution in [2.45, 2.75) is 49.1 Å². The first-order chi connectivity index (χ1) is 24.6. The first-order valence-electron chi connectivity index (χ1n) is 15.3. The molecule has 2 fully saturated rings. The molecule has 6 rings (SSSR count). The van der Waals surface area contributed by atoms with Crippen LogP contribution in [0.2, 0.25) is 0 Å². The quantitative estimate of drug-likeness (QED) is 0.0749. The number of rotatable bonds is 13. The van der Waals surface area contributed by atoms with Gasteiger partial charge in [-0.1, -0.05) is 6.08 Å². The molecule has 6 heterocycles. The predicted octanol–water partition coefficient (Wildman–Crippen LogP) is -2.52. The molecule has 11 atom stereocenters. The lowest BCUT2D eigenvalue weighted by Gasteiger charge is -2.31. The van der Waals surface area contributed by atoms with Crippen LogP contribution in [0.1, 0.15) is 10.4 Å². The number of phosphoric acid groups is 2. The number of amides is 1. The van der Waals surface area contributed by atoms with Gasteiger partial charge in [0.15, 0.2) is 29.9 Å². The summed E-state index contributed by atoms with van der Waals surface area (Å²) in [5.74, 6) is -2.12. The second kappa shape index (κ2) is 14.8. The molecular weight excluding hydrogens is 738 g/mol. The molecule has 11 N–H and O–H groups in total. The van der Waals surface area contributed by atoms with Gasteiger partial charge in [-0.3, -0.25) is 23.6 Å². The van der Waals surface area contributed by atoms with Gasteiger partial charge in [0.25, 0.3) is 0 Å². The number of nitrogens with two attached hydrogens (primary N) is 2. The number of aromatic nitrogens is 3. The van der Waals surface area contributed by atoms with Crippen LogP contribution in [0.25, 0.3) is 0 Å². The third-order valence-electron chi connectivity index (χ3n) is 8.45. The van der Waals surface area contributed by atoms with Crippen LogP contribution < -0.4 is 21.7 Å². The summed E-state index contributed by atoms with van der Waals surface area (Å²) < 4.78 is 50.2. The fraction of sp³-hybridized carbons (Fsp3) is 0.444. The number of aliphatic hydroxyl groups is 4. The summed E-state index contributed by atoms with van der Waals surface area (Å²) in [5.41, 5.74) is 11.8. The van der Waals surface area contributed by atoms with Crippen molar-refractivity contribution >= 4 is 44.7 Å². The van der Waals surface area contributed by atoms with E-state index in [1.54, 1.807) is 0 Å². The molecule has 2 unspecified atom stereocenters. The largest absolute Gasteiger partial charge is 0.481 e. The number of primary amides is 1. The number of aliphatic hydroxyl groups excluding tert-OH is 4. The summed E-state index contributed by atoms with van der Waals surface area (Å²) in [6.45, 7) is -1.81. The number of hydrogen-bond donors (Lipinski definition) is 9. The standard InChI is InChI=1S/C27H34N8O15P2/c28-23-17-25(32-10-31-23)35(11-33-17)27-22(40)20(38)16(49-27)9-47-52(44,45)50-51(42,43)46-8-15-19(37)21(39)26(48-15)34-6-3-13(14(7-34)24(29)41)18(36)12-1-4-30-5-2-12/h1-7,10,13,15-16,19-22,26-27,33,37-40H,8-9,11H2,(H2,29,41)(H,42,43)(H,44,45)(H2,28,31,32)/t13-,15+,16+,19+,20+,21+,22+,26+,27+/m0/s1. The maximum Gasteiger partial charge on any atom is 0.481 e. The van der Waals surface area contributed by atoms with Crippen LogP contribution in [0.15, 0.2) is 54.9 Å². The third-order valence-corrected chi connectivity index (χ3v) is 11.0. The number of nitrogens with one attached hydrogen (secondary N) is 1. The Morgan fingerprint density at radius 1 is 0.942 bits per heavy atom. The molecule has 0 aliphatic carbocycles. The smallest absolute Gasteiger partial charge is 0.387 e. The number of anilines is 3. The predicted molar refractivity (Wildman–Crippen MR) is 172 cm³/mol. The van der Waals surface area contributed by atoms with Crippen LogP contribution in [0.5, 0.6) is 0 Å². The van der Waals surface area contributed by atoms with Crippen molar-refractivity contribution in [2.24, 2.45) is 11.7 Å². The SMILES string of the molecule is NC(=O)C1=CN([C@@H]2O[C@H](COP(=O)(O)OP(=O)(O)OC[C@H]3O[C@@H](N4CNc5c(N)ncnc54)[C@H](O)[C@@H]3O)[C@@H](O)[C@H]2O)C=C[C@@H]1C(=O)c1ccncc1. The highest BCUT2D eigenvalue weighted by molar-refractivity contribution is 7.61. The number of pyridine rings is 1. The normalized spacial score (nSPS) is 32.1. The number of nitrogens with zero attached hydrogens (tertiary/aromatic N) is 5. The van der Waals surface area contributed by atoms with E-state index in [0.29, 0.717) is 5.69 Å². The van der Waals surface area contributed by atoms with Crippen molar-refractivity contribution in [3.05, 3.63) is 60.5 Å². The number of allylic oxidation sites excluding steroid dienone is 1. The van der Waals surface area contributed by atoms with Crippen molar-refractivity contribution in [2.75, 3.05) is 35.8 Å².